The zero-order valence-corrected chi connectivity index (χ0v) is 12.5. The molecule has 0 spiro atoms. The Morgan fingerprint density at radius 2 is 2.00 bits per heavy atom. The molecule has 18 heavy (non-hydrogen) atoms. The molecule has 1 aromatic rings. The molecule has 0 fully saturated rings. The van der Waals surface area contributed by atoms with Crippen molar-refractivity contribution in [1.82, 2.24) is 5.32 Å². The molecule has 0 bridgehead atoms. The van der Waals surface area contributed by atoms with Crippen LogP contribution in [-0.4, -0.2) is 17.7 Å². The zero-order chi connectivity index (χ0) is 13.3. The molecule has 98 valence electrons. The summed E-state index contributed by atoms with van der Waals surface area (Å²) >= 11 is 3.46. The van der Waals surface area contributed by atoms with Gasteiger partial charge in [0.25, 0.3) is 0 Å². The van der Waals surface area contributed by atoms with E-state index in [0.717, 1.165) is 17.3 Å². The standard InChI is InChI=1S/C14H18BrNO2/c1-14(2,3)16-13(17)18-12-7-9-4-5-11(15)6-10(9)8-12/h4-6,12H,7-8H2,1-3H3,(H,16,17). The smallest absolute Gasteiger partial charge is 0.407 e. The van der Waals surface area contributed by atoms with E-state index in [1.165, 1.54) is 11.1 Å². The Bertz CT molecular complexity index is 465. The van der Waals surface area contributed by atoms with E-state index in [1.54, 1.807) is 0 Å². The molecule has 1 N–H and O–H groups in total. The van der Waals surface area contributed by atoms with Crippen LogP contribution in [0.3, 0.4) is 0 Å². The number of alkyl carbamates (subject to hydrolysis) is 1. The van der Waals surface area contributed by atoms with Crippen LogP contribution in [0.1, 0.15) is 31.9 Å². The Hall–Kier alpha value is -1.03. The number of carbonyl (C=O) groups is 1. The molecular weight excluding hydrogens is 294 g/mol. The van der Waals surface area contributed by atoms with Crippen LogP contribution in [0.4, 0.5) is 4.79 Å². The Morgan fingerprint density at radius 1 is 1.33 bits per heavy atom. The van der Waals surface area contributed by atoms with Gasteiger partial charge in [0.15, 0.2) is 0 Å². The molecule has 0 aliphatic heterocycles. The first-order valence-electron chi connectivity index (χ1n) is 6.09. The average Bonchev–Trinajstić information content (AvgIpc) is 2.55. The third-order valence-corrected chi connectivity index (χ3v) is 3.31. The maximum Gasteiger partial charge on any atom is 0.407 e. The summed E-state index contributed by atoms with van der Waals surface area (Å²) in [5.41, 5.74) is 2.27. The highest BCUT2D eigenvalue weighted by molar-refractivity contribution is 9.10. The van der Waals surface area contributed by atoms with Crippen molar-refractivity contribution in [3.8, 4) is 0 Å². The molecule has 1 aromatic carbocycles. The molecule has 0 saturated carbocycles. The zero-order valence-electron chi connectivity index (χ0n) is 10.9. The van der Waals surface area contributed by atoms with Gasteiger partial charge in [0, 0.05) is 22.9 Å². The van der Waals surface area contributed by atoms with Crippen LogP contribution in [0.15, 0.2) is 22.7 Å². The predicted octanol–water partition coefficient (Wildman–Crippen LogP) is 3.44. The second-order valence-corrected chi connectivity index (χ2v) is 6.64. The molecule has 1 unspecified atom stereocenters. The van der Waals surface area contributed by atoms with Crippen molar-refractivity contribution in [3.05, 3.63) is 33.8 Å². The molecule has 1 aliphatic rings. The van der Waals surface area contributed by atoms with E-state index in [1.807, 2.05) is 26.8 Å². The van der Waals surface area contributed by atoms with Crippen molar-refractivity contribution >= 4 is 22.0 Å². The SMILES string of the molecule is CC(C)(C)NC(=O)OC1Cc2ccc(Br)cc2C1. The van der Waals surface area contributed by atoms with E-state index in [4.69, 9.17) is 4.74 Å². The lowest BCUT2D eigenvalue weighted by Crippen LogP contribution is -2.42. The van der Waals surface area contributed by atoms with Gasteiger partial charge in [-0.15, -0.1) is 0 Å². The molecule has 0 radical (unpaired) electrons. The lowest BCUT2D eigenvalue weighted by atomic mass is 10.1. The topological polar surface area (TPSA) is 38.3 Å². The summed E-state index contributed by atoms with van der Waals surface area (Å²) in [5, 5.41) is 2.81. The summed E-state index contributed by atoms with van der Waals surface area (Å²) in [6.07, 6.45) is 1.22. The normalized spacial score (nSPS) is 18.3. The van der Waals surface area contributed by atoms with E-state index < -0.39 is 0 Å². The van der Waals surface area contributed by atoms with E-state index in [9.17, 15) is 4.79 Å². The summed E-state index contributed by atoms with van der Waals surface area (Å²) in [7, 11) is 0. The highest BCUT2D eigenvalue weighted by Crippen LogP contribution is 2.27. The first-order chi connectivity index (χ1) is 8.33. The Balaban J connectivity index is 1.94. The van der Waals surface area contributed by atoms with Gasteiger partial charge in [-0.3, -0.25) is 0 Å². The number of hydrogen-bond acceptors (Lipinski definition) is 2. The maximum absolute atomic E-state index is 11.7. The number of nitrogens with one attached hydrogen (secondary N) is 1. The molecule has 3 nitrogen and oxygen atoms in total. The number of carbonyl (C=O) groups excluding carboxylic acids is 1. The van der Waals surface area contributed by atoms with E-state index in [2.05, 4.69) is 33.4 Å². The monoisotopic (exact) mass is 311 g/mol. The van der Waals surface area contributed by atoms with Crippen LogP contribution in [0.25, 0.3) is 0 Å². The van der Waals surface area contributed by atoms with E-state index >= 15 is 0 Å². The minimum Gasteiger partial charge on any atom is -0.446 e. The fourth-order valence-electron chi connectivity index (χ4n) is 2.12. The molecule has 1 aliphatic carbocycles. The van der Waals surface area contributed by atoms with Crippen molar-refractivity contribution in [2.75, 3.05) is 0 Å². The van der Waals surface area contributed by atoms with Crippen LogP contribution in [0, 0.1) is 0 Å². The lowest BCUT2D eigenvalue weighted by molar-refractivity contribution is 0.0961. The van der Waals surface area contributed by atoms with Gasteiger partial charge in [-0.2, -0.15) is 0 Å². The minimum atomic E-state index is -0.334. The molecule has 4 heteroatoms. The van der Waals surface area contributed by atoms with Crippen molar-refractivity contribution in [3.63, 3.8) is 0 Å². The highest BCUT2D eigenvalue weighted by Gasteiger charge is 2.26. The van der Waals surface area contributed by atoms with Gasteiger partial charge < -0.3 is 10.1 Å². The quantitative estimate of drug-likeness (QED) is 0.862. The van der Waals surface area contributed by atoms with Crippen molar-refractivity contribution in [2.45, 2.75) is 45.3 Å². The number of halogens is 1. The predicted molar refractivity (Wildman–Crippen MR) is 74.7 cm³/mol. The molecule has 1 amide bonds. The van der Waals surface area contributed by atoms with Gasteiger partial charge in [-0.1, -0.05) is 22.0 Å². The number of benzene rings is 1. The van der Waals surface area contributed by atoms with Gasteiger partial charge in [0.05, 0.1) is 0 Å². The molecule has 0 heterocycles. The Labute approximate surface area is 116 Å². The molecular formula is C14H18BrNO2. The summed E-state index contributed by atoms with van der Waals surface area (Å²) in [5.74, 6) is 0. The van der Waals surface area contributed by atoms with E-state index in [-0.39, 0.29) is 17.7 Å². The van der Waals surface area contributed by atoms with Gasteiger partial charge >= 0.3 is 6.09 Å². The summed E-state index contributed by atoms with van der Waals surface area (Å²) in [6, 6.07) is 6.21. The summed E-state index contributed by atoms with van der Waals surface area (Å²) < 4.78 is 6.51. The largest absolute Gasteiger partial charge is 0.446 e. The first kappa shape index (κ1) is 13.4. The van der Waals surface area contributed by atoms with E-state index in [0.29, 0.717) is 0 Å². The molecule has 0 saturated heterocycles. The van der Waals surface area contributed by atoms with Crippen molar-refractivity contribution < 1.29 is 9.53 Å². The van der Waals surface area contributed by atoms with Crippen molar-refractivity contribution in [2.24, 2.45) is 0 Å². The fourth-order valence-corrected chi connectivity index (χ4v) is 2.53. The minimum absolute atomic E-state index is 0.0448. The number of fused-ring (bicyclic) bond motifs is 1. The van der Waals surface area contributed by atoms with Gasteiger partial charge in [-0.25, -0.2) is 4.79 Å². The lowest BCUT2D eigenvalue weighted by Gasteiger charge is -2.21. The number of hydrogen-bond donors (Lipinski definition) is 1. The average molecular weight is 312 g/mol. The second kappa shape index (κ2) is 4.92. The highest BCUT2D eigenvalue weighted by atomic mass is 79.9. The van der Waals surface area contributed by atoms with Crippen LogP contribution >= 0.6 is 15.9 Å². The van der Waals surface area contributed by atoms with Gasteiger partial charge in [-0.05, 0) is 44.0 Å². The second-order valence-electron chi connectivity index (χ2n) is 5.72. The fraction of sp³-hybridized carbons (Fsp3) is 0.500. The number of ether oxygens (including phenoxy) is 1. The van der Waals surface area contributed by atoms with Crippen LogP contribution < -0.4 is 5.32 Å². The number of rotatable bonds is 1. The Kier molecular flexibility index (Phi) is 3.66. The van der Waals surface area contributed by atoms with Crippen LogP contribution in [0.2, 0.25) is 0 Å². The van der Waals surface area contributed by atoms with Crippen LogP contribution in [-0.2, 0) is 17.6 Å². The summed E-state index contributed by atoms with van der Waals surface area (Å²) in [6.45, 7) is 5.82. The van der Waals surface area contributed by atoms with Crippen molar-refractivity contribution in [1.29, 1.82) is 0 Å². The van der Waals surface area contributed by atoms with Crippen LogP contribution in [0.5, 0.6) is 0 Å². The van der Waals surface area contributed by atoms with Gasteiger partial charge in [0.2, 0.25) is 0 Å². The maximum atomic E-state index is 11.7. The number of amides is 1. The third kappa shape index (κ3) is 3.48. The molecule has 2 rings (SSSR count). The molecule has 1 atom stereocenters. The summed E-state index contributed by atoms with van der Waals surface area (Å²) in [4.78, 5) is 11.7. The van der Waals surface area contributed by atoms with Gasteiger partial charge in [0.1, 0.15) is 6.10 Å². The molecule has 0 aromatic heterocycles. The first-order valence-corrected chi connectivity index (χ1v) is 6.89. The third-order valence-electron chi connectivity index (χ3n) is 2.81. The Morgan fingerprint density at radius 3 is 2.67 bits per heavy atom.